The van der Waals surface area contributed by atoms with Crippen molar-refractivity contribution in [1.82, 2.24) is 9.97 Å². The molecule has 0 radical (unpaired) electrons. The number of aromatic amines is 1. The summed E-state index contributed by atoms with van der Waals surface area (Å²) in [5, 5.41) is 11.8. The molecule has 0 spiro atoms. The van der Waals surface area contributed by atoms with Gasteiger partial charge in [0.25, 0.3) is 0 Å². The predicted molar refractivity (Wildman–Crippen MR) is 117 cm³/mol. The number of fused-ring (bicyclic) bond motifs is 1. The number of aryl methyl sites for hydroxylation is 1. The number of aromatic nitrogens is 2. The minimum absolute atomic E-state index is 0.0808. The number of hydrogen-bond acceptors (Lipinski definition) is 6. The number of nitrogens with one attached hydrogen (secondary N) is 1. The van der Waals surface area contributed by atoms with E-state index in [1.807, 2.05) is 43.3 Å². The van der Waals surface area contributed by atoms with Crippen LogP contribution in [-0.2, 0) is 6.61 Å². The van der Waals surface area contributed by atoms with E-state index in [0.717, 1.165) is 22.2 Å². The van der Waals surface area contributed by atoms with Crippen molar-refractivity contribution in [3.8, 4) is 28.6 Å². The van der Waals surface area contributed by atoms with Crippen molar-refractivity contribution in [2.75, 3.05) is 14.2 Å². The maximum absolute atomic E-state index is 11.8. The fraction of sp³-hybridized carbons (Fsp3) is 0.174. The molecular weight excluding hydrogens is 398 g/mol. The van der Waals surface area contributed by atoms with E-state index in [9.17, 15) is 10.1 Å². The lowest BCUT2D eigenvalue weighted by Crippen LogP contribution is -2.03. The van der Waals surface area contributed by atoms with Crippen molar-refractivity contribution in [3.05, 3.63) is 75.8 Å². The van der Waals surface area contributed by atoms with Crippen LogP contribution >= 0.6 is 0 Å². The number of imidazole rings is 1. The summed E-state index contributed by atoms with van der Waals surface area (Å²) in [5.41, 5.74) is 3.78. The number of hydrogen-bond donors (Lipinski definition) is 1. The summed E-state index contributed by atoms with van der Waals surface area (Å²) >= 11 is 0. The average Bonchev–Trinajstić information content (AvgIpc) is 3.21. The van der Waals surface area contributed by atoms with Gasteiger partial charge >= 0.3 is 5.69 Å². The van der Waals surface area contributed by atoms with E-state index in [1.165, 1.54) is 13.2 Å². The van der Waals surface area contributed by atoms with E-state index in [0.29, 0.717) is 17.1 Å². The Morgan fingerprint density at radius 2 is 1.87 bits per heavy atom. The number of methoxy groups -OCH3 is 2. The predicted octanol–water partition coefficient (Wildman–Crippen LogP) is 5.04. The fourth-order valence-corrected chi connectivity index (χ4v) is 3.33. The third-order valence-corrected chi connectivity index (χ3v) is 5.05. The Labute approximate surface area is 178 Å². The molecule has 0 fully saturated rings. The van der Waals surface area contributed by atoms with Crippen LogP contribution in [-0.4, -0.2) is 29.1 Å². The van der Waals surface area contributed by atoms with Gasteiger partial charge in [-0.1, -0.05) is 24.3 Å². The second kappa shape index (κ2) is 8.35. The summed E-state index contributed by atoms with van der Waals surface area (Å²) in [5.74, 6) is 1.51. The zero-order valence-corrected chi connectivity index (χ0v) is 17.3. The first-order chi connectivity index (χ1) is 15.0. The summed E-state index contributed by atoms with van der Waals surface area (Å²) in [7, 11) is 3.04. The van der Waals surface area contributed by atoms with Crippen molar-refractivity contribution < 1.29 is 19.1 Å². The van der Waals surface area contributed by atoms with Crippen LogP contribution in [0.15, 0.2) is 54.6 Å². The molecule has 8 heteroatoms. The summed E-state index contributed by atoms with van der Waals surface area (Å²) in [6.07, 6.45) is 0. The van der Waals surface area contributed by atoms with E-state index >= 15 is 0 Å². The third-order valence-electron chi connectivity index (χ3n) is 5.05. The minimum atomic E-state index is -0.481. The van der Waals surface area contributed by atoms with Crippen LogP contribution in [0.4, 0.5) is 5.69 Å². The third kappa shape index (κ3) is 4.00. The molecule has 4 rings (SSSR count). The fourth-order valence-electron chi connectivity index (χ4n) is 3.33. The monoisotopic (exact) mass is 419 g/mol. The van der Waals surface area contributed by atoms with Crippen molar-refractivity contribution >= 4 is 16.7 Å². The van der Waals surface area contributed by atoms with Crippen molar-refractivity contribution in [3.63, 3.8) is 0 Å². The van der Waals surface area contributed by atoms with Crippen molar-refractivity contribution in [2.45, 2.75) is 13.5 Å². The van der Waals surface area contributed by atoms with Crippen LogP contribution in [0.25, 0.3) is 22.4 Å². The Morgan fingerprint density at radius 1 is 1.06 bits per heavy atom. The lowest BCUT2D eigenvalue weighted by molar-refractivity contribution is -0.386. The first-order valence-corrected chi connectivity index (χ1v) is 9.58. The van der Waals surface area contributed by atoms with E-state index in [2.05, 4.69) is 9.97 Å². The van der Waals surface area contributed by atoms with Gasteiger partial charge < -0.3 is 19.2 Å². The van der Waals surface area contributed by atoms with Crippen LogP contribution in [0.5, 0.6) is 17.2 Å². The molecular formula is C23H21N3O5. The van der Waals surface area contributed by atoms with E-state index in [-0.39, 0.29) is 23.8 Å². The van der Waals surface area contributed by atoms with Gasteiger partial charge in [0, 0.05) is 17.7 Å². The van der Waals surface area contributed by atoms with Gasteiger partial charge in [0.1, 0.15) is 18.2 Å². The Hall–Kier alpha value is -4.07. The molecule has 0 bridgehead atoms. The second-order valence-corrected chi connectivity index (χ2v) is 6.97. The SMILES string of the molecule is COc1ccc2nc(-c3cc(OC)c(OCc4ccccc4C)c([N+](=O)[O-])c3)[nH]c2c1. The number of rotatable bonds is 7. The highest BCUT2D eigenvalue weighted by Crippen LogP contribution is 2.41. The number of nitrogens with zero attached hydrogens (tertiary/aromatic N) is 2. The van der Waals surface area contributed by atoms with E-state index in [4.69, 9.17) is 14.2 Å². The lowest BCUT2D eigenvalue weighted by Gasteiger charge is -2.13. The molecule has 8 nitrogen and oxygen atoms in total. The number of benzene rings is 3. The molecule has 1 heterocycles. The average molecular weight is 419 g/mol. The molecule has 0 unspecified atom stereocenters. The van der Waals surface area contributed by atoms with Crippen molar-refractivity contribution in [1.29, 1.82) is 0 Å². The topological polar surface area (TPSA) is 99.5 Å². The molecule has 1 N–H and O–H groups in total. The van der Waals surface area contributed by atoms with Crippen LogP contribution in [0, 0.1) is 17.0 Å². The molecule has 0 saturated heterocycles. The molecule has 31 heavy (non-hydrogen) atoms. The van der Waals surface area contributed by atoms with Gasteiger partial charge in [0.2, 0.25) is 5.75 Å². The summed E-state index contributed by atoms with van der Waals surface area (Å²) in [4.78, 5) is 19.1. The molecule has 0 aliphatic rings. The number of nitro groups is 1. The van der Waals surface area contributed by atoms with Gasteiger partial charge in [-0.3, -0.25) is 10.1 Å². The van der Waals surface area contributed by atoms with Gasteiger partial charge in [0.15, 0.2) is 5.75 Å². The molecule has 0 aliphatic carbocycles. The number of nitro benzene ring substituents is 1. The van der Waals surface area contributed by atoms with Crippen LogP contribution in [0.1, 0.15) is 11.1 Å². The van der Waals surface area contributed by atoms with Gasteiger partial charge in [-0.15, -0.1) is 0 Å². The van der Waals surface area contributed by atoms with Crippen LogP contribution in [0.3, 0.4) is 0 Å². The highest BCUT2D eigenvalue weighted by atomic mass is 16.6. The Kier molecular flexibility index (Phi) is 5.44. The standard InChI is InChI=1S/C23H21N3O5/c1-14-6-4-5-7-15(14)13-31-22-20(26(27)28)10-16(11-21(22)30-3)23-24-18-9-8-17(29-2)12-19(18)25-23/h4-12H,13H2,1-3H3,(H,24,25). The molecule has 0 saturated carbocycles. The Morgan fingerprint density at radius 3 is 2.58 bits per heavy atom. The molecule has 0 amide bonds. The first-order valence-electron chi connectivity index (χ1n) is 9.58. The quantitative estimate of drug-likeness (QED) is 0.333. The smallest absolute Gasteiger partial charge is 0.315 e. The van der Waals surface area contributed by atoms with Gasteiger partial charge in [-0.25, -0.2) is 4.98 Å². The highest BCUT2D eigenvalue weighted by molar-refractivity contribution is 5.82. The Balaban J connectivity index is 1.75. The van der Waals surface area contributed by atoms with Gasteiger partial charge in [-0.2, -0.15) is 0 Å². The van der Waals surface area contributed by atoms with Crippen LogP contribution in [0.2, 0.25) is 0 Å². The van der Waals surface area contributed by atoms with Gasteiger partial charge in [-0.05, 0) is 36.2 Å². The minimum Gasteiger partial charge on any atom is -0.497 e. The maximum atomic E-state index is 11.8. The molecule has 1 aromatic heterocycles. The van der Waals surface area contributed by atoms with Crippen LogP contribution < -0.4 is 14.2 Å². The molecule has 3 aromatic carbocycles. The van der Waals surface area contributed by atoms with Crippen molar-refractivity contribution in [2.24, 2.45) is 0 Å². The molecule has 0 atom stereocenters. The highest BCUT2D eigenvalue weighted by Gasteiger charge is 2.24. The lowest BCUT2D eigenvalue weighted by atomic mass is 10.1. The zero-order chi connectivity index (χ0) is 22.0. The van der Waals surface area contributed by atoms with Gasteiger partial charge in [0.05, 0.1) is 30.2 Å². The summed E-state index contributed by atoms with van der Waals surface area (Å²) in [6, 6.07) is 16.3. The zero-order valence-electron chi connectivity index (χ0n) is 17.3. The second-order valence-electron chi connectivity index (χ2n) is 6.97. The molecule has 158 valence electrons. The first kappa shape index (κ1) is 20.2. The normalized spacial score (nSPS) is 10.8. The van der Waals surface area contributed by atoms with E-state index in [1.54, 1.807) is 19.2 Å². The molecule has 0 aliphatic heterocycles. The number of H-pyrrole nitrogens is 1. The molecule has 4 aromatic rings. The Bertz CT molecular complexity index is 1270. The largest absolute Gasteiger partial charge is 0.497 e. The summed E-state index contributed by atoms with van der Waals surface area (Å²) in [6.45, 7) is 2.15. The van der Waals surface area contributed by atoms with E-state index < -0.39 is 4.92 Å². The number of ether oxygens (including phenoxy) is 3. The maximum Gasteiger partial charge on any atom is 0.315 e. The summed E-state index contributed by atoms with van der Waals surface area (Å²) < 4.78 is 16.5.